The van der Waals surface area contributed by atoms with E-state index in [1.807, 2.05) is 91.0 Å². The first-order valence-corrected chi connectivity index (χ1v) is 13.4. The Bertz CT molecular complexity index is 885. The van der Waals surface area contributed by atoms with E-state index in [1.165, 1.54) is 0 Å². The SMILES string of the molecule is O=P(C[C@@H]1CCC[P+]1(O)c1ccccc1)(c1ccccc1)c1ccccc1. The molecule has 2 atom stereocenters. The third-order valence-electron chi connectivity index (χ3n) is 5.66. The van der Waals surface area contributed by atoms with Gasteiger partial charge >= 0.3 is 0 Å². The molecule has 0 radical (unpaired) electrons. The highest BCUT2D eigenvalue weighted by atomic mass is 31.2. The van der Waals surface area contributed by atoms with Crippen LogP contribution in [0.1, 0.15) is 12.8 Å². The molecule has 0 amide bonds. The van der Waals surface area contributed by atoms with Crippen molar-refractivity contribution in [2.75, 3.05) is 12.3 Å². The summed E-state index contributed by atoms with van der Waals surface area (Å²) in [4.78, 5) is 11.7. The second kappa shape index (κ2) is 7.72. The van der Waals surface area contributed by atoms with E-state index in [0.717, 1.165) is 34.9 Å². The summed E-state index contributed by atoms with van der Waals surface area (Å²) in [5.74, 6) is 0. The number of hydrogen-bond acceptors (Lipinski definition) is 2. The minimum Gasteiger partial charge on any atom is -0.313 e. The van der Waals surface area contributed by atoms with Gasteiger partial charge < -0.3 is 4.57 Å². The van der Waals surface area contributed by atoms with Crippen LogP contribution in [0.25, 0.3) is 0 Å². The fourth-order valence-corrected chi connectivity index (χ4v) is 11.8. The predicted molar refractivity (Wildman–Crippen MR) is 118 cm³/mol. The van der Waals surface area contributed by atoms with Gasteiger partial charge in [0, 0.05) is 16.8 Å². The van der Waals surface area contributed by atoms with Crippen molar-refractivity contribution in [3.63, 3.8) is 0 Å². The van der Waals surface area contributed by atoms with Gasteiger partial charge in [0.2, 0.25) is 0 Å². The van der Waals surface area contributed by atoms with Gasteiger partial charge in [-0.1, -0.05) is 78.9 Å². The number of hydrogen-bond donors (Lipinski definition) is 1. The van der Waals surface area contributed by atoms with E-state index < -0.39 is 14.6 Å². The summed E-state index contributed by atoms with van der Waals surface area (Å²) in [6, 6.07) is 29.7. The predicted octanol–water partition coefficient (Wildman–Crippen LogP) is 4.41. The molecular formula is C23H25O2P2+. The standard InChI is InChI=1S/C23H25O2P2/c24-26(20-11-4-1-5-12-20)18-10-17-23(26)19-27(25,21-13-6-2-7-14-21)22-15-8-3-9-16-22/h1-9,11-16,23-24H,10,17-19H2/q+1/t23-,26?/m0/s1. The lowest BCUT2D eigenvalue weighted by atomic mass is 10.3. The van der Waals surface area contributed by atoms with Gasteiger partial charge in [-0.05, 0) is 25.0 Å². The zero-order valence-corrected chi connectivity index (χ0v) is 17.1. The van der Waals surface area contributed by atoms with Gasteiger partial charge in [0.1, 0.15) is 18.1 Å². The highest BCUT2D eigenvalue weighted by Gasteiger charge is 2.53. The molecule has 4 heteroatoms. The molecule has 1 aliphatic heterocycles. The molecule has 3 aromatic carbocycles. The van der Waals surface area contributed by atoms with Crippen molar-refractivity contribution in [2.24, 2.45) is 0 Å². The van der Waals surface area contributed by atoms with Crippen LogP contribution in [0.2, 0.25) is 0 Å². The third kappa shape index (κ3) is 3.55. The van der Waals surface area contributed by atoms with Crippen molar-refractivity contribution < 1.29 is 9.46 Å². The molecule has 27 heavy (non-hydrogen) atoms. The zero-order valence-electron chi connectivity index (χ0n) is 15.3. The molecule has 0 saturated carbocycles. The Morgan fingerprint density at radius 2 is 1.30 bits per heavy atom. The molecule has 3 aromatic rings. The lowest BCUT2D eigenvalue weighted by molar-refractivity contribution is 0.580. The Labute approximate surface area is 162 Å². The van der Waals surface area contributed by atoms with Gasteiger partial charge in [0.05, 0.1) is 6.16 Å². The maximum Gasteiger partial charge on any atom is 0.177 e. The average molecular weight is 395 g/mol. The van der Waals surface area contributed by atoms with Crippen LogP contribution in [0.5, 0.6) is 0 Å². The van der Waals surface area contributed by atoms with Gasteiger partial charge in [-0.2, -0.15) is 0 Å². The Kier molecular flexibility index (Phi) is 5.33. The van der Waals surface area contributed by atoms with Crippen LogP contribution < -0.4 is 15.9 Å². The Hall–Kier alpha value is -1.72. The molecule has 1 heterocycles. The fourth-order valence-electron chi connectivity index (χ4n) is 4.21. The topological polar surface area (TPSA) is 37.3 Å². The van der Waals surface area contributed by atoms with Gasteiger partial charge in [-0.15, -0.1) is 0 Å². The first-order chi connectivity index (χ1) is 13.1. The molecule has 0 aliphatic carbocycles. The first kappa shape index (κ1) is 18.6. The molecule has 0 aromatic heterocycles. The molecule has 1 unspecified atom stereocenters. The van der Waals surface area contributed by atoms with E-state index >= 15 is 0 Å². The molecule has 1 N–H and O–H groups in total. The summed E-state index contributed by atoms with van der Waals surface area (Å²) in [7, 11) is -5.10. The van der Waals surface area contributed by atoms with Gasteiger partial charge in [-0.25, -0.2) is 4.89 Å². The molecular weight excluding hydrogens is 370 g/mol. The van der Waals surface area contributed by atoms with Crippen molar-refractivity contribution in [1.29, 1.82) is 0 Å². The van der Waals surface area contributed by atoms with Crippen LogP contribution in [0.15, 0.2) is 91.0 Å². The Morgan fingerprint density at radius 3 is 1.81 bits per heavy atom. The smallest absolute Gasteiger partial charge is 0.177 e. The quantitative estimate of drug-likeness (QED) is 0.650. The molecule has 0 bridgehead atoms. The minimum absolute atomic E-state index is 0.0890. The van der Waals surface area contributed by atoms with Crippen molar-refractivity contribution in [1.82, 2.24) is 0 Å². The zero-order chi connectivity index (χ0) is 18.7. The fraction of sp³-hybridized carbons (Fsp3) is 0.217. The van der Waals surface area contributed by atoms with E-state index in [0.29, 0.717) is 6.16 Å². The molecule has 1 saturated heterocycles. The van der Waals surface area contributed by atoms with Crippen LogP contribution in [0, 0.1) is 0 Å². The van der Waals surface area contributed by atoms with Crippen molar-refractivity contribution in [3.8, 4) is 0 Å². The lowest BCUT2D eigenvalue weighted by Crippen LogP contribution is -2.28. The van der Waals surface area contributed by atoms with E-state index in [2.05, 4.69) is 0 Å². The monoisotopic (exact) mass is 395 g/mol. The van der Waals surface area contributed by atoms with Crippen LogP contribution in [0.3, 0.4) is 0 Å². The molecule has 0 spiro atoms. The van der Waals surface area contributed by atoms with E-state index in [9.17, 15) is 9.46 Å². The van der Waals surface area contributed by atoms with Crippen LogP contribution >= 0.6 is 14.6 Å². The summed E-state index contributed by atoms with van der Waals surface area (Å²) in [5, 5.41) is 2.84. The van der Waals surface area contributed by atoms with Gasteiger partial charge in [0.25, 0.3) is 0 Å². The number of rotatable bonds is 5. The Balaban J connectivity index is 1.76. The number of benzene rings is 3. The van der Waals surface area contributed by atoms with Crippen molar-refractivity contribution in [2.45, 2.75) is 18.5 Å². The summed E-state index contributed by atoms with van der Waals surface area (Å²) >= 11 is 0. The second-order valence-electron chi connectivity index (χ2n) is 7.28. The van der Waals surface area contributed by atoms with Gasteiger partial charge in [-0.3, -0.25) is 0 Å². The summed E-state index contributed by atoms with van der Waals surface area (Å²) in [5.41, 5.74) is 0.0890. The second-order valence-corrected chi connectivity index (χ2v) is 13.5. The largest absolute Gasteiger partial charge is 0.313 e. The summed E-state index contributed by atoms with van der Waals surface area (Å²) in [6.45, 7) is 0. The molecule has 1 aliphatic rings. The summed E-state index contributed by atoms with van der Waals surface area (Å²) in [6.07, 6.45) is 3.34. The third-order valence-corrected chi connectivity index (χ3v) is 13.0. The minimum atomic E-state index is -2.81. The van der Waals surface area contributed by atoms with Crippen LogP contribution in [-0.4, -0.2) is 22.9 Å². The highest BCUT2D eigenvalue weighted by molar-refractivity contribution is 7.82. The highest BCUT2D eigenvalue weighted by Crippen LogP contribution is 2.67. The van der Waals surface area contributed by atoms with E-state index in [4.69, 9.17) is 0 Å². The van der Waals surface area contributed by atoms with E-state index in [-0.39, 0.29) is 5.66 Å². The average Bonchev–Trinajstić information content (AvgIpc) is 3.11. The molecule has 1 fully saturated rings. The van der Waals surface area contributed by atoms with E-state index in [1.54, 1.807) is 0 Å². The van der Waals surface area contributed by atoms with Crippen LogP contribution in [-0.2, 0) is 4.57 Å². The van der Waals surface area contributed by atoms with Crippen molar-refractivity contribution in [3.05, 3.63) is 91.0 Å². The molecule has 4 rings (SSSR count). The maximum absolute atomic E-state index is 14.4. The maximum atomic E-state index is 14.4. The van der Waals surface area contributed by atoms with Crippen molar-refractivity contribution >= 4 is 30.5 Å². The van der Waals surface area contributed by atoms with Crippen LogP contribution in [0.4, 0.5) is 0 Å². The first-order valence-electron chi connectivity index (χ1n) is 9.49. The normalized spacial score (nSPS) is 22.6. The Morgan fingerprint density at radius 1 is 0.815 bits per heavy atom. The molecule has 2 nitrogen and oxygen atoms in total. The summed E-state index contributed by atoms with van der Waals surface area (Å²) < 4.78 is 14.4. The molecule has 138 valence electrons. The van der Waals surface area contributed by atoms with Gasteiger partial charge in [0.15, 0.2) is 7.49 Å². The lowest BCUT2D eigenvalue weighted by Gasteiger charge is -2.27.